The molecule has 0 aliphatic carbocycles. The van der Waals surface area contributed by atoms with Crippen LogP contribution in [0.4, 0.5) is 0 Å². The van der Waals surface area contributed by atoms with Gasteiger partial charge in [-0.15, -0.1) is 0 Å². The van der Waals surface area contributed by atoms with Gasteiger partial charge < -0.3 is 10.1 Å². The highest BCUT2D eigenvalue weighted by Gasteiger charge is 2.14. The van der Waals surface area contributed by atoms with Crippen LogP contribution >= 0.6 is 31.9 Å². The summed E-state index contributed by atoms with van der Waals surface area (Å²) in [7, 11) is 0. The molecule has 0 radical (unpaired) electrons. The zero-order chi connectivity index (χ0) is 11.4. The van der Waals surface area contributed by atoms with Gasteiger partial charge in [-0.2, -0.15) is 0 Å². The van der Waals surface area contributed by atoms with E-state index in [1.807, 2.05) is 0 Å². The quantitative estimate of drug-likeness (QED) is 0.899. The van der Waals surface area contributed by atoms with E-state index in [0.717, 1.165) is 28.6 Å². The van der Waals surface area contributed by atoms with E-state index in [0.29, 0.717) is 6.10 Å². The molecule has 88 valence electrons. The Kier molecular flexibility index (Phi) is 4.82. The predicted molar refractivity (Wildman–Crippen MR) is 72.5 cm³/mol. The molecule has 1 aromatic carbocycles. The van der Waals surface area contributed by atoms with Gasteiger partial charge >= 0.3 is 0 Å². The molecule has 1 aliphatic heterocycles. The molecule has 1 N–H and O–H groups in total. The first-order chi connectivity index (χ1) is 7.75. The van der Waals surface area contributed by atoms with E-state index in [1.165, 1.54) is 18.4 Å². The molecule has 1 aliphatic rings. The van der Waals surface area contributed by atoms with Crippen molar-refractivity contribution < 1.29 is 4.74 Å². The maximum atomic E-state index is 5.55. The van der Waals surface area contributed by atoms with Gasteiger partial charge in [-0.25, -0.2) is 0 Å². The lowest BCUT2D eigenvalue weighted by atomic mass is 10.2. The molecule has 0 amide bonds. The number of hydrogen-bond donors (Lipinski definition) is 1. The SMILES string of the molecule is Brc1ccc(CNCC2CCCO2)cc1Br. The second-order valence-corrected chi connectivity index (χ2v) is 5.72. The summed E-state index contributed by atoms with van der Waals surface area (Å²) >= 11 is 6.97. The van der Waals surface area contributed by atoms with Crippen molar-refractivity contribution in [3.8, 4) is 0 Å². The van der Waals surface area contributed by atoms with Crippen LogP contribution in [0.25, 0.3) is 0 Å². The summed E-state index contributed by atoms with van der Waals surface area (Å²) in [6.07, 6.45) is 2.81. The molecule has 0 aromatic heterocycles. The lowest BCUT2D eigenvalue weighted by Gasteiger charge is -2.11. The lowest BCUT2D eigenvalue weighted by molar-refractivity contribution is 0.110. The molecule has 0 saturated carbocycles. The van der Waals surface area contributed by atoms with Gasteiger partial charge in [0.15, 0.2) is 0 Å². The van der Waals surface area contributed by atoms with E-state index >= 15 is 0 Å². The van der Waals surface area contributed by atoms with Crippen LogP contribution in [0.3, 0.4) is 0 Å². The number of halogens is 2. The van der Waals surface area contributed by atoms with Crippen molar-refractivity contribution in [2.75, 3.05) is 13.2 Å². The van der Waals surface area contributed by atoms with E-state index in [-0.39, 0.29) is 0 Å². The highest BCUT2D eigenvalue weighted by Crippen LogP contribution is 2.23. The second kappa shape index (κ2) is 6.15. The number of benzene rings is 1. The molecule has 0 spiro atoms. The predicted octanol–water partition coefficient (Wildman–Crippen LogP) is 3.48. The molecule has 1 heterocycles. The summed E-state index contributed by atoms with van der Waals surface area (Å²) in [4.78, 5) is 0. The van der Waals surface area contributed by atoms with Crippen LogP contribution in [-0.2, 0) is 11.3 Å². The summed E-state index contributed by atoms with van der Waals surface area (Å²) in [5.41, 5.74) is 1.29. The Morgan fingerprint density at radius 2 is 2.19 bits per heavy atom. The zero-order valence-corrected chi connectivity index (χ0v) is 12.2. The third kappa shape index (κ3) is 3.55. The molecule has 1 unspecified atom stereocenters. The number of hydrogen-bond acceptors (Lipinski definition) is 2. The minimum Gasteiger partial charge on any atom is -0.377 e. The van der Waals surface area contributed by atoms with Crippen molar-refractivity contribution in [2.24, 2.45) is 0 Å². The normalized spacial score (nSPS) is 20.2. The minimum absolute atomic E-state index is 0.416. The van der Waals surface area contributed by atoms with Gasteiger partial charge in [0.2, 0.25) is 0 Å². The minimum atomic E-state index is 0.416. The Balaban J connectivity index is 1.78. The molecule has 1 fully saturated rings. The third-order valence-corrected chi connectivity index (χ3v) is 4.59. The van der Waals surface area contributed by atoms with Gasteiger partial charge in [-0.1, -0.05) is 6.07 Å². The molecule has 16 heavy (non-hydrogen) atoms. The van der Waals surface area contributed by atoms with E-state index in [9.17, 15) is 0 Å². The summed E-state index contributed by atoms with van der Waals surface area (Å²) in [6.45, 7) is 2.77. The van der Waals surface area contributed by atoms with Crippen molar-refractivity contribution in [1.29, 1.82) is 0 Å². The number of nitrogens with one attached hydrogen (secondary N) is 1. The molecule has 0 bridgehead atoms. The fourth-order valence-corrected chi connectivity index (χ4v) is 2.51. The molecule has 1 atom stereocenters. The Hall–Kier alpha value is 0.1000. The molecule has 1 saturated heterocycles. The highest BCUT2D eigenvalue weighted by atomic mass is 79.9. The standard InChI is InChI=1S/C12H15Br2NO/c13-11-4-3-9(6-12(11)14)7-15-8-10-2-1-5-16-10/h3-4,6,10,15H,1-2,5,7-8H2. The Morgan fingerprint density at radius 1 is 1.31 bits per heavy atom. The Bertz CT molecular complexity index is 351. The molecular formula is C12H15Br2NO. The van der Waals surface area contributed by atoms with Crippen molar-refractivity contribution in [3.63, 3.8) is 0 Å². The first-order valence-electron chi connectivity index (χ1n) is 5.52. The topological polar surface area (TPSA) is 21.3 Å². The maximum absolute atomic E-state index is 5.55. The largest absolute Gasteiger partial charge is 0.377 e. The Morgan fingerprint density at radius 3 is 2.88 bits per heavy atom. The van der Waals surface area contributed by atoms with Gasteiger partial charge in [0, 0.05) is 28.6 Å². The van der Waals surface area contributed by atoms with E-state index in [4.69, 9.17) is 4.74 Å². The van der Waals surface area contributed by atoms with Gasteiger partial charge in [0.1, 0.15) is 0 Å². The first kappa shape index (κ1) is 12.6. The van der Waals surface area contributed by atoms with Crippen molar-refractivity contribution >= 4 is 31.9 Å². The van der Waals surface area contributed by atoms with Gasteiger partial charge in [-0.3, -0.25) is 0 Å². The average molecular weight is 349 g/mol. The number of rotatable bonds is 4. The van der Waals surface area contributed by atoms with Crippen molar-refractivity contribution in [1.82, 2.24) is 5.32 Å². The third-order valence-electron chi connectivity index (χ3n) is 2.71. The molecular weight excluding hydrogens is 334 g/mol. The summed E-state index contributed by atoms with van der Waals surface area (Å²) < 4.78 is 7.75. The average Bonchev–Trinajstić information content (AvgIpc) is 2.76. The molecule has 4 heteroatoms. The monoisotopic (exact) mass is 347 g/mol. The van der Waals surface area contributed by atoms with E-state index < -0.39 is 0 Å². The van der Waals surface area contributed by atoms with Gasteiger partial charge in [-0.05, 0) is 62.4 Å². The molecule has 2 rings (SSSR count). The Labute approximate surface area is 113 Å². The van der Waals surface area contributed by atoms with Crippen LogP contribution < -0.4 is 5.32 Å². The smallest absolute Gasteiger partial charge is 0.0700 e. The zero-order valence-electron chi connectivity index (χ0n) is 9.01. The summed E-state index contributed by atoms with van der Waals surface area (Å²) in [5.74, 6) is 0. The fraction of sp³-hybridized carbons (Fsp3) is 0.500. The van der Waals surface area contributed by atoms with Crippen LogP contribution in [-0.4, -0.2) is 19.3 Å². The van der Waals surface area contributed by atoms with Gasteiger partial charge in [0.05, 0.1) is 6.10 Å². The lowest BCUT2D eigenvalue weighted by Crippen LogP contribution is -2.25. The molecule has 1 aromatic rings. The van der Waals surface area contributed by atoms with Crippen molar-refractivity contribution in [2.45, 2.75) is 25.5 Å². The van der Waals surface area contributed by atoms with Gasteiger partial charge in [0.25, 0.3) is 0 Å². The number of ether oxygens (including phenoxy) is 1. The van der Waals surface area contributed by atoms with Crippen molar-refractivity contribution in [3.05, 3.63) is 32.7 Å². The van der Waals surface area contributed by atoms with Crippen LogP contribution in [0.1, 0.15) is 18.4 Å². The van der Waals surface area contributed by atoms with Crippen LogP contribution in [0.15, 0.2) is 27.1 Å². The van der Waals surface area contributed by atoms with E-state index in [2.05, 4.69) is 55.4 Å². The maximum Gasteiger partial charge on any atom is 0.0700 e. The highest BCUT2D eigenvalue weighted by molar-refractivity contribution is 9.13. The second-order valence-electron chi connectivity index (χ2n) is 4.01. The van der Waals surface area contributed by atoms with Crippen LogP contribution in [0.5, 0.6) is 0 Å². The fourth-order valence-electron chi connectivity index (χ4n) is 1.83. The van der Waals surface area contributed by atoms with E-state index in [1.54, 1.807) is 0 Å². The summed E-state index contributed by atoms with van der Waals surface area (Å²) in [6, 6.07) is 6.32. The molecule has 2 nitrogen and oxygen atoms in total. The van der Waals surface area contributed by atoms with Crippen LogP contribution in [0, 0.1) is 0 Å². The first-order valence-corrected chi connectivity index (χ1v) is 7.10. The summed E-state index contributed by atoms with van der Waals surface area (Å²) in [5, 5.41) is 3.43. The van der Waals surface area contributed by atoms with Crippen LogP contribution in [0.2, 0.25) is 0 Å².